The van der Waals surface area contributed by atoms with Crippen LogP contribution >= 0.6 is 0 Å². The Bertz CT molecular complexity index is 656. The molecule has 1 aliphatic carbocycles. The number of hydrogen-bond donors (Lipinski definition) is 1. The van der Waals surface area contributed by atoms with Gasteiger partial charge >= 0.3 is 0 Å². The molecule has 1 aromatic heterocycles. The summed E-state index contributed by atoms with van der Waals surface area (Å²) >= 11 is 0. The van der Waals surface area contributed by atoms with Gasteiger partial charge in [0.1, 0.15) is 11.3 Å². The van der Waals surface area contributed by atoms with Crippen LogP contribution < -0.4 is 5.32 Å². The number of anilines is 1. The van der Waals surface area contributed by atoms with Crippen LogP contribution in [-0.2, 0) is 9.59 Å². The summed E-state index contributed by atoms with van der Waals surface area (Å²) in [4.78, 5) is 26.8. The fraction of sp³-hybridized carbons (Fsp3) is 0.357. The average Bonchev–Trinajstić information content (AvgIpc) is 3.08. The number of ketones is 1. The highest BCUT2D eigenvalue weighted by atomic mass is 16.3. The second kappa shape index (κ2) is 4.50. The Morgan fingerprint density at radius 3 is 2.89 bits per heavy atom. The minimum Gasteiger partial charge on any atom is -0.440 e. The van der Waals surface area contributed by atoms with Crippen LogP contribution in [0.25, 0.3) is 11.1 Å². The van der Waals surface area contributed by atoms with Crippen molar-refractivity contribution in [1.29, 1.82) is 0 Å². The molecule has 0 atom stereocenters. The lowest BCUT2D eigenvalue weighted by Gasteiger charge is -2.02. The third kappa shape index (κ3) is 2.65. The number of nitrogens with one attached hydrogen (secondary N) is 1. The SMILES string of the molecule is CC(=O)CC(=O)Nc1ccc2oc(C3CC3)nc2c1. The fourth-order valence-electron chi connectivity index (χ4n) is 1.96. The summed E-state index contributed by atoms with van der Waals surface area (Å²) in [5.41, 5.74) is 2.10. The maximum absolute atomic E-state index is 11.5. The van der Waals surface area contributed by atoms with Crippen LogP contribution in [0.3, 0.4) is 0 Å². The first kappa shape index (κ1) is 11.9. The van der Waals surface area contributed by atoms with Crippen molar-refractivity contribution in [2.45, 2.75) is 32.1 Å². The Morgan fingerprint density at radius 1 is 1.42 bits per heavy atom. The highest BCUT2D eigenvalue weighted by Crippen LogP contribution is 2.40. The lowest BCUT2D eigenvalue weighted by Crippen LogP contribution is -2.14. The van der Waals surface area contributed by atoms with E-state index in [0.29, 0.717) is 11.6 Å². The third-order valence-electron chi connectivity index (χ3n) is 3.02. The van der Waals surface area contributed by atoms with Gasteiger partial charge in [0.05, 0.1) is 6.42 Å². The second-order valence-electron chi connectivity index (χ2n) is 4.94. The predicted molar refractivity (Wildman–Crippen MR) is 69.9 cm³/mol. The van der Waals surface area contributed by atoms with E-state index in [-0.39, 0.29) is 18.1 Å². The number of Topliss-reactive ketones (excluding diaryl/α,β-unsaturated/α-hetero) is 1. The molecule has 1 aliphatic rings. The molecular weight excluding hydrogens is 244 g/mol. The van der Waals surface area contributed by atoms with Crippen LogP contribution in [0.2, 0.25) is 0 Å². The van der Waals surface area contributed by atoms with Crippen LogP contribution in [0, 0.1) is 0 Å². The highest BCUT2D eigenvalue weighted by Gasteiger charge is 2.28. The Kier molecular flexibility index (Phi) is 2.81. The van der Waals surface area contributed by atoms with E-state index in [1.54, 1.807) is 18.2 Å². The number of hydrogen-bond acceptors (Lipinski definition) is 4. The Balaban J connectivity index is 1.80. The number of nitrogens with zero attached hydrogens (tertiary/aromatic N) is 1. The van der Waals surface area contributed by atoms with Crippen molar-refractivity contribution in [2.75, 3.05) is 5.32 Å². The summed E-state index contributed by atoms with van der Waals surface area (Å²) in [6.45, 7) is 1.39. The first-order chi connectivity index (χ1) is 9.11. The first-order valence-electron chi connectivity index (χ1n) is 6.31. The number of rotatable bonds is 4. The van der Waals surface area contributed by atoms with E-state index in [1.807, 2.05) is 0 Å². The normalized spacial score (nSPS) is 14.6. The molecule has 0 radical (unpaired) electrons. The molecule has 1 aromatic carbocycles. The summed E-state index contributed by atoms with van der Waals surface area (Å²) < 4.78 is 5.64. The zero-order valence-corrected chi connectivity index (χ0v) is 10.6. The molecule has 1 amide bonds. The zero-order chi connectivity index (χ0) is 13.4. The highest BCUT2D eigenvalue weighted by molar-refractivity contribution is 6.04. The predicted octanol–water partition coefficient (Wildman–Crippen LogP) is 2.62. The molecule has 1 saturated carbocycles. The minimum atomic E-state index is -0.308. The summed E-state index contributed by atoms with van der Waals surface area (Å²) in [6.07, 6.45) is 2.16. The van der Waals surface area contributed by atoms with E-state index in [2.05, 4.69) is 10.3 Å². The van der Waals surface area contributed by atoms with Crippen molar-refractivity contribution in [3.05, 3.63) is 24.1 Å². The average molecular weight is 258 g/mol. The number of carbonyl (C=O) groups excluding carboxylic acids is 2. The maximum atomic E-state index is 11.5. The molecule has 0 bridgehead atoms. The molecule has 5 nitrogen and oxygen atoms in total. The van der Waals surface area contributed by atoms with Crippen molar-refractivity contribution in [3.63, 3.8) is 0 Å². The summed E-state index contributed by atoms with van der Waals surface area (Å²) in [5, 5.41) is 2.68. The summed E-state index contributed by atoms with van der Waals surface area (Å²) in [7, 11) is 0. The third-order valence-corrected chi connectivity index (χ3v) is 3.02. The molecular formula is C14H14N2O3. The number of benzene rings is 1. The monoisotopic (exact) mass is 258 g/mol. The van der Waals surface area contributed by atoms with Crippen LogP contribution in [0.1, 0.15) is 38.0 Å². The molecule has 98 valence electrons. The lowest BCUT2D eigenvalue weighted by atomic mass is 10.2. The van der Waals surface area contributed by atoms with E-state index in [4.69, 9.17) is 4.42 Å². The zero-order valence-electron chi connectivity index (χ0n) is 10.6. The summed E-state index contributed by atoms with van der Waals surface area (Å²) in [6, 6.07) is 5.31. The van der Waals surface area contributed by atoms with Crippen LogP contribution in [0.5, 0.6) is 0 Å². The fourth-order valence-corrected chi connectivity index (χ4v) is 1.96. The molecule has 0 aliphatic heterocycles. The van der Waals surface area contributed by atoms with E-state index in [9.17, 15) is 9.59 Å². The molecule has 1 fully saturated rings. The van der Waals surface area contributed by atoms with Crippen molar-refractivity contribution in [1.82, 2.24) is 4.98 Å². The maximum Gasteiger partial charge on any atom is 0.231 e. The molecule has 0 saturated heterocycles. The van der Waals surface area contributed by atoms with Crippen LogP contribution in [-0.4, -0.2) is 16.7 Å². The van der Waals surface area contributed by atoms with Crippen molar-refractivity contribution < 1.29 is 14.0 Å². The molecule has 5 heteroatoms. The van der Waals surface area contributed by atoms with Gasteiger partial charge in [-0.25, -0.2) is 4.98 Å². The molecule has 19 heavy (non-hydrogen) atoms. The summed E-state index contributed by atoms with van der Waals surface area (Å²) in [5.74, 6) is 0.777. The largest absolute Gasteiger partial charge is 0.440 e. The van der Waals surface area contributed by atoms with E-state index >= 15 is 0 Å². The molecule has 2 aromatic rings. The van der Waals surface area contributed by atoms with Gasteiger partial charge in [0.25, 0.3) is 0 Å². The Hall–Kier alpha value is -2.17. The van der Waals surface area contributed by atoms with Gasteiger partial charge in [-0.15, -0.1) is 0 Å². The van der Waals surface area contributed by atoms with Gasteiger partial charge in [-0.1, -0.05) is 0 Å². The molecule has 1 N–H and O–H groups in total. The molecule has 0 unspecified atom stereocenters. The van der Waals surface area contributed by atoms with E-state index < -0.39 is 0 Å². The van der Waals surface area contributed by atoms with Gasteiger partial charge in [-0.05, 0) is 38.0 Å². The number of carbonyl (C=O) groups is 2. The first-order valence-corrected chi connectivity index (χ1v) is 6.31. The van der Waals surface area contributed by atoms with Crippen molar-refractivity contribution >= 4 is 28.5 Å². The van der Waals surface area contributed by atoms with Gasteiger partial charge in [-0.2, -0.15) is 0 Å². The lowest BCUT2D eigenvalue weighted by molar-refractivity contribution is -0.124. The number of fused-ring (bicyclic) bond motifs is 1. The van der Waals surface area contributed by atoms with Gasteiger partial charge in [0.15, 0.2) is 11.5 Å². The standard InChI is InChI=1S/C14H14N2O3/c1-8(17)6-13(18)15-10-4-5-12-11(7-10)16-14(19-12)9-2-3-9/h4-5,7,9H,2-3,6H2,1H3,(H,15,18). The minimum absolute atomic E-state index is 0.107. The molecule has 1 heterocycles. The van der Waals surface area contributed by atoms with Crippen LogP contribution in [0.4, 0.5) is 5.69 Å². The van der Waals surface area contributed by atoms with Crippen molar-refractivity contribution in [3.8, 4) is 0 Å². The quantitative estimate of drug-likeness (QED) is 0.855. The number of amides is 1. The van der Waals surface area contributed by atoms with Gasteiger partial charge in [0.2, 0.25) is 5.91 Å². The van der Waals surface area contributed by atoms with Gasteiger partial charge in [-0.3, -0.25) is 9.59 Å². The van der Waals surface area contributed by atoms with Crippen molar-refractivity contribution in [2.24, 2.45) is 0 Å². The topological polar surface area (TPSA) is 72.2 Å². The second-order valence-corrected chi connectivity index (χ2v) is 4.94. The van der Waals surface area contributed by atoms with E-state index in [1.165, 1.54) is 6.92 Å². The Labute approximate surface area is 110 Å². The smallest absolute Gasteiger partial charge is 0.231 e. The van der Waals surface area contributed by atoms with Gasteiger partial charge < -0.3 is 9.73 Å². The molecule has 3 rings (SSSR count). The molecule has 0 spiro atoms. The van der Waals surface area contributed by atoms with Gasteiger partial charge in [0, 0.05) is 11.6 Å². The number of oxazole rings is 1. The van der Waals surface area contributed by atoms with Crippen LogP contribution in [0.15, 0.2) is 22.6 Å². The van der Waals surface area contributed by atoms with E-state index in [0.717, 1.165) is 29.8 Å². The number of aromatic nitrogens is 1. The Morgan fingerprint density at radius 2 is 2.21 bits per heavy atom.